The number of benzene rings is 3. The quantitative estimate of drug-likeness (QED) is 0.609. The molecule has 0 aliphatic carbocycles. The van der Waals surface area contributed by atoms with Crippen LogP contribution in [0.15, 0.2) is 60.7 Å². The third kappa shape index (κ3) is 3.55. The van der Waals surface area contributed by atoms with E-state index >= 15 is 0 Å². The van der Waals surface area contributed by atoms with Crippen molar-refractivity contribution in [2.75, 3.05) is 4.90 Å². The lowest BCUT2D eigenvalue weighted by Crippen LogP contribution is -2.41. The van der Waals surface area contributed by atoms with Crippen LogP contribution in [0.3, 0.4) is 0 Å². The Morgan fingerprint density at radius 2 is 1.61 bits per heavy atom. The maximum absolute atomic E-state index is 14.2. The smallest absolute Gasteiger partial charge is 0.264 e. The molecule has 1 aliphatic heterocycles. The van der Waals surface area contributed by atoms with Crippen LogP contribution in [0.1, 0.15) is 44.6 Å². The molecule has 0 unspecified atom stereocenters. The second-order valence-electron chi connectivity index (χ2n) is 8.21. The Bertz CT molecular complexity index is 1200. The maximum Gasteiger partial charge on any atom is 0.264 e. The summed E-state index contributed by atoms with van der Waals surface area (Å²) in [6.07, 6.45) is -0.375. The highest BCUT2D eigenvalue weighted by Gasteiger charge is 2.51. The van der Waals surface area contributed by atoms with Crippen molar-refractivity contribution >= 4 is 17.4 Å². The number of aliphatic hydroxyl groups is 1. The van der Waals surface area contributed by atoms with Crippen molar-refractivity contribution in [3.8, 4) is 0 Å². The molecule has 3 aromatic rings. The molecule has 31 heavy (non-hydrogen) atoms. The van der Waals surface area contributed by atoms with Crippen molar-refractivity contribution in [1.82, 2.24) is 0 Å². The second-order valence-corrected chi connectivity index (χ2v) is 8.21. The Morgan fingerprint density at radius 1 is 0.968 bits per heavy atom. The van der Waals surface area contributed by atoms with E-state index in [1.165, 1.54) is 11.0 Å². The van der Waals surface area contributed by atoms with E-state index in [9.17, 15) is 19.1 Å². The molecular formula is C26H24FNO3. The van der Waals surface area contributed by atoms with Crippen LogP contribution in [0.4, 0.5) is 10.1 Å². The zero-order chi connectivity index (χ0) is 22.3. The minimum atomic E-state index is -2.00. The fourth-order valence-corrected chi connectivity index (χ4v) is 4.22. The molecular weight excluding hydrogens is 393 g/mol. The first kappa shape index (κ1) is 20.9. The van der Waals surface area contributed by atoms with E-state index in [4.69, 9.17) is 0 Å². The number of carbonyl (C=O) groups is 2. The lowest BCUT2D eigenvalue weighted by Gasteiger charge is -2.23. The molecule has 4 rings (SSSR count). The zero-order valence-corrected chi connectivity index (χ0v) is 17.8. The van der Waals surface area contributed by atoms with Crippen LogP contribution in [0.2, 0.25) is 0 Å². The Labute approximate surface area is 181 Å². The molecule has 0 radical (unpaired) electrons. The summed E-state index contributed by atoms with van der Waals surface area (Å²) >= 11 is 0. The molecule has 0 saturated heterocycles. The number of Topliss-reactive ketones (excluding diaryl/α,β-unsaturated/α-hetero) is 1. The van der Waals surface area contributed by atoms with Crippen LogP contribution in [0.5, 0.6) is 0 Å². The summed E-state index contributed by atoms with van der Waals surface area (Å²) in [5, 5.41) is 11.5. The number of para-hydroxylation sites is 1. The first-order valence-corrected chi connectivity index (χ1v) is 10.2. The number of anilines is 1. The number of fused-ring (bicyclic) bond motifs is 1. The van der Waals surface area contributed by atoms with Gasteiger partial charge in [0.25, 0.3) is 5.91 Å². The molecule has 158 valence electrons. The Balaban J connectivity index is 1.71. The number of halogens is 1. The predicted molar refractivity (Wildman–Crippen MR) is 118 cm³/mol. The molecule has 0 fully saturated rings. The van der Waals surface area contributed by atoms with E-state index in [2.05, 4.69) is 0 Å². The molecule has 5 heteroatoms. The first-order chi connectivity index (χ1) is 14.7. The van der Waals surface area contributed by atoms with Gasteiger partial charge in [0.05, 0.1) is 18.7 Å². The summed E-state index contributed by atoms with van der Waals surface area (Å²) in [6.45, 7) is 5.72. The van der Waals surface area contributed by atoms with E-state index in [-0.39, 0.29) is 18.7 Å². The number of hydrogen-bond donors (Lipinski definition) is 1. The molecule has 3 aromatic carbocycles. The highest BCUT2D eigenvalue weighted by molar-refractivity contribution is 6.11. The number of rotatable bonds is 5. The van der Waals surface area contributed by atoms with E-state index in [1.54, 1.807) is 48.5 Å². The SMILES string of the molecule is Cc1cc(C)c(C(=O)C[C@]2(O)C(=O)N(Cc3ccccc3F)c3ccccc32)cc1C. The van der Waals surface area contributed by atoms with Crippen molar-refractivity contribution < 1.29 is 19.1 Å². The van der Waals surface area contributed by atoms with E-state index in [0.717, 1.165) is 16.7 Å². The Kier molecular flexibility index (Phi) is 5.23. The monoisotopic (exact) mass is 417 g/mol. The van der Waals surface area contributed by atoms with Crippen LogP contribution in [-0.4, -0.2) is 16.8 Å². The van der Waals surface area contributed by atoms with Crippen molar-refractivity contribution in [1.29, 1.82) is 0 Å². The van der Waals surface area contributed by atoms with Crippen LogP contribution >= 0.6 is 0 Å². The molecule has 4 nitrogen and oxygen atoms in total. The maximum atomic E-state index is 14.2. The molecule has 1 amide bonds. The molecule has 1 heterocycles. The number of hydrogen-bond acceptors (Lipinski definition) is 3. The lowest BCUT2D eigenvalue weighted by molar-refractivity contribution is -0.136. The summed E-state index contributed by atoms with van der Waals surface area (Å²) in [4.78, 5) is 27.9. The van der Waals surface area contributed by atoms with Gasteiger partial charge in [-0.25, -0.2) is 4.39 Å². The van der Waals surface area contributed by atoms with Gasteiger partial charge in [-0.05, 0) is 55.7 Å². The van der Waals surface area contributed by atoms with E-state index in [1.807, 2.05) is 26.8 Å². The summed E-state index contributed by atoms with van der Waals surface area (Å²) < 4.78 is 14.2. The van der Waals surface area contributed by atoms with Crippen LogP contribution < -0.4 is 4.90 Å². The highest BCUT2D eigenvalue weighted by atomic mass is 19.1. The Hall–Kier alpha value is -3.31. The van der Waals surface area contributed by atoms with E-state index in [0.29, 0.717) is 22.4 Å². The molecule has 0 bridgehead atoms. The van der Waals surface area contributed by atoms with Crippen LogP contribution in [0.25, 0.3) is 0 Å². The topological polar surface area (TPSA) is 57.6 Å². The fourth-order valence-electron chi connectivity index (χ4n) is 4.22. The number of carbonyl (C=O) groups excluding carboxylic acids is 2. The average Bonchev–Trinajstić information content (AvgIpc) is 2.94. The second kappa shape index (κ2) is 7.75. The van der Waals surface area contributed by atoms with Gasteiger partial charge < -0.3 is 10.0 Å². The highest BCUT2D eigenvalue weighted by Crippen LogP contribution is 2.43. The number of aryl methyl sites for hydroxylation is 3. The predicted octanol–water partition coefficient (Wildman–Crippen LogP) is 4.76. The fraction of sp³-hybridized carbons (Fsp3) is 0.231. The van der Waals surface area contributed by atoms with Gasteiger partial charge in [0.15, 0.2) is 11.4 Å². The summed E-state index contributed by atoms with van der Waals surface area (Å²) in [6, 6.07) is 16.8. The third-order valence-electron chi connectivity index (χ3n) is 6.08. The third-order valence-corrected chi connectivity index (χ3v) is 6.08. The van der Waals surface area contributed by atoms with Gasteiger partial charge in [-0.3, -0.25) is 9.59 Å². The molecule has 1 atom stereocenters. The van der Waals surface area contributed by atoms with E-state index < -0.39 is 17.3 Å². The van der Waals surface area contributed by atoms with Crippen LogP contribution in [0, 0.1) is 26.6 Å². The van der Waals surface area contributed by atoms with Crippen molar-refractivity contribution in [3.05, 3.63) is 99.9 Å². The van der Waals surface area contributed by atoms with Gasteiger partial charge in [-0.15, -0.1) is 0 Å². The van der Waals surface area contributed by atoms with Gasteiger partial charge in [0.1, 0.15) is 5.82 Å². The minimum Gasteiger partial charge on any atom is -0.375 e. The molecule has 0 saturated carbocycles. The van der Waals surface area contributed by atoms with Crippen molar-refractivity contribution in [2.24, 2.45) is 0 Å². The largest absolute Gasteiger partial charge is 0.375 e. The van der Waals surface area contributed by atoms with Crippen LogP contribution in [-0.2, 0) is 16.9 Å². The average molecular weight is 417 g/mol. The zero-order valence-electron chi connectivity index (χ0n) is 17.8. The molecule has 1 N–H and O–H groups in total. The number of nitrogens with zero attached hydrogens (tertiary/aromatic N) is 1. The van der Waals surface area contributed by atoms with Gasteiger partial charge in [0.2, 0.25) is 0 Å². The standard InChI is InChI=1S/C26H24FNO3/c1-16-12-18(3)20(13-17(16)2)24(29)14-26(31)21-9-5-7-11-23(21)28(25(26)30)15-19-8-4-6-10-22(19)27/h4-13,31H,14-15H2,1-3H3/t26-/m1/s1. The number of ketones is 1. The van der Waals surface area contributed by atoms with Gasteiger partial charge in [-0.1, -0.05) is 42.5 Å². The van der Waals surface area contributed by atoms with Gasteiger partial charge in [-0.2, -0.15) is 0 Å². The normalized spacial score (nSPS) is 17.7. The first-order valence-electron chi connectivity index (χ1n) is 10.2. The number of amides is 1. The van der Waals surface area contributed by atoms with Gasteiger partial charge >= 0.3 is 0 Å². The molecule has 0 aromatic heterocycles. The summed E-state index contributed by atoms with van der Waals surface area (Å²) in [7, 11) is 0. The van der Waals surface area contributed by atoms with Crippen molar-refractivity contribution in [2.45, 2.75) is 39.3 Å². The van der Waals surface area contributed by atoms with Gasteiger partial charge in [0, 0.05) is 16.7 Å². The van der Waals surface area contributed by atoms with Crippen molar-refractivity contribution in [3.63, 3.8) is 0 Å². The lowest BCUT2D eigenvalue weighted by atomic mass is 9.86. The molecule has 1 aliphatic rings. The molecule has 0 spiro atoms. The summed E-state index contributed by atoms with van der Waals surface area (Å²) in [5.74, 6) is -1.35. The Morgan fingerprint density at radius 3 is 2.35 bits per heavy atom. The summed E-state index contributed by atoms with van der Waals surface area (Å²) in [5.41, 5.74) is 2.55. The minimum absolute atomic E-state index is 0.0261.